The Hall–Kier alpha value is -2.54. The van der Waals surface area contributed by atoms with Gasteiger partial charge in [0, 0.05) is 12.8 Å². The third-order valence-electron chi connectivity index (χ3n) is 8.08. The highest BCUT2D eigenvalue weighted by molar-refractivity contribution is 5.70. The van der Waals surface area contributed by atoms with E-state index in [9.17, 15) is 45.3 Å². The summed E-state index contributed by atoms with van der Waals surface area (Å²) in [6.07, 6.45) is 4.87. The minimum absolute atomic E-state index is 0.0410. The number of esters is 2. The fourth-order valence-corrected chi connectivity index (χ4v) is 5.03. The Balaban J connectivity index is 1.91. The lowest BCUT2D eigenvalue weighted by Gasteiger charge is -2.42. The largest absolute Gasteiger partial charge is 0.462 e. The number of allylic oxidation sites excluding steroid dienone is 8. The second kappa shape index (κ2) is 25.4. The van der Waals surface area contributed by atoms with Gasteiger partial charge < -0.3 is 64.2 Å². The lowest BCUT2D eigenvalue weighted by molar-refractivity contribution is -0.332. The number of carbonyl (C=O) groups excluding carboxylic acids is 2. The molecule has 7 N–H and O–H groups in total. The molecule has 0 aromatic rings. The van der Waals surface area contributed by atoms with Gasteiger partial charge in [-0.2, -0.15) is 0 Å². The van der Waals surface area contributed by atoms with Crippen LogP contribution in [0.25, 0.3) is 0 Å². The topological polar surface area (TPSA) is 231 Å². The first kappa shape index (κ1) is 44.6. The molecule has 0 saturated carbocycles. The molecule has 292 valence electrons. The number of hydrogen-bond donors (Lipinski definition) is 7. The number of aliphatic hydroxyl groups is 7. The number of rotatable bonds is 23. The number of unbranched alkanes of at least 4 members (excludes halogenated alkanes) is 1. The summed E-state index contributed by atoms with van der Waals surface area (Å²) in [4.78, 5) is 24.8. The maximum Gasteiger partial charge on any atom is 0.306 e. The van der Waals surface area contributed by atoms with Crippen molar-refractivity contribution in [1.29, 1.82) is 0 Å². The molecule has 0 bridgehead atoms. The van der Waals surface area contributed by atoms with Crippen molar-refractivity contribution >= 4 is 11.9 Å². The molecule has 2 rings (SSSR count). The fourth-order valence-electron chi connectivity index (χ4n) is 5.03. The van der Waals surface area contributed by atoms with Crippen LogP contribution in [-0.4, -0.2) is 142 Å². The Bertz CT molecular complexity index is 1090. The average Bonchev–Trinajstić information content (AvgIpc) is 3.12. The van der Waals surface area contributed by atoms with Gasteiger partial charge in [0.15, 0.2) is 18.7 Å². The van der Waals surface area contributed by atoms with E-state index in [1.165, 1.54) is 0 Å². The Morgan fingerprint density at radius 3 is 1.78 bits per heavy atom. The van der Waals surface area contributed by atoms with E-state index in [1.54, 1.807) is 0 Å². The molecule has 0 spiro atoms. The van der Waals surface area contributed by atoms with E-state index in [4.69, 9.17) is 28.4 Å². The molecule has 15 heteroatoms. The summed E-state index contributed by atoms with van der Waals surface area (Å²) in [6.45, 7) is 2.04. The van der Waals surface area contributed by atoms with Crippen LogP contribution in [0.1, 0.15) is 71.6 Å². The van der Waals surface area contributed by atoms with Crippen LogP contribution in [0.2, 0.25) is 0 Å². The Kier molecular flexibility index (Phi) is 22.3. The Labute approximate surface area is 299 Å². The lowest BCUT2D eigenvalue weighted by atomic mass is 9.98. The van der Waals surface area contributed by atoms with Crippen molar-refractivity contribution in [2.75, 3.05) is 26.4 Å². The third-order valence-corrected chi connectivity index (χ3v) is 8.08. The SMILES string of the molecule is CC/C=C\C/C=C\C/C=C\C/C=C\CCC(=O)OC(COC(=O)CCCC)COC1OC(COC2OC(CO)C(O)C(O)C2O)C(O)C(O)C1O. The van der Waals surface area contributed by atoms with Crippen molar-refractivity contribution < 1.29 is 73.8 Å². The van der Waals surface area contributed by atoms with E-state index >= 15 is 0 Å². The van der Waals surface area contributed by atoms with Crippen molar-refractivity contribution in [1.82, 2.24) is 0 Å². The molecule has 0 radical (unpaired) electrons. The Morgan fingerprint density at radius 2 is 1.20 bits per heavy atom. The molecule has 0 aliphatic carbocycles. The molecule has 2 saturated heterocycles. The van der Waals surface area contributed by atoms with Gasteiger partial charge in [0.1, 0.15) is 55.4 Å². The first-order valence-corrected chi connectivity index (χ1v) is 17.7. The van der Waals surface area contributed by atoms with Crippen LogP contribution in [-0.2, 0) is 38.0 Å². The number of ether oxygens (including phenoxy) is 6. The van der Waals surface area contributed by atoms with Gasteiger partial charge in [-0.25, -0.2) is 0 Å². The van der Waals surface area contributed by atoms with Crippen molar-refractivity contribution in [3.05, 3.63) is 48.6 Å². The van der Waals surface area contributed by atoms with Gasteiger partial charge in [-0.05, 0) is 38.5 Å². The van der Waals surface area contributed by atoms with Crippen LogP contribution in [0, 0.1) is 0 Å². The predicted molar refractivity (Wildman–Crippen MR) is 183 cm³/mol. The number of carbonyl (C=O) groups is 2. The highest BCUT2D eigenvalue weighted by Crippen LogP contribution is 2.26. The predicted octanol–water partition coefficient (Wildman–Crippen LogP) is 0.858. The first-order chi connectivity index (χ1) is 24.5. The first-order valence-electron chi connectivity index (χ1n) is 17.7. The molecule has 0 aromatic carbocycles. The van der Waals surface area contributed by atoms with Gasteiger partial charge in [0.2, 0.25) is 0 Å². The van der Waals surface area contributed by atoms with Crippen LogP contribution in [0.4, 0.5) is 0 Å². The molecule has 2 fully saturated rings. The van der Waals surface area contributed by atoms with E-state index in [0.717, 1.165) is 25.7 Å². The quantitative estimate of drug-likeness (QED) is 0.0571. The van der Waals surface area contributed by atoms with Crippen molar-refractivity contribution in [3.63, 3.8) is 0 Å². The molecule has 2 heterocycles. The summed E-state index contributed by atoms with van der Waals surface area (Å²) < 4.78 is 32.8. The van der Waals surface area contributed by atoms with Crippen molar-refractivity contribution in [2.24, 2.45) is 0 Å². The van der Waals surface area contributed by atoms with Crippen LogP contribution in [0.5, 0.6) is 0 Å². The zero-order valence-electron chi connectivity index (χ0n) is 29.6. The third kappa shape index (κ3) is 16.3. The summed E-state index contributed by atoms with van der Waals surface area (Å²) in [7, 11) is 0. The minimum atomic E-state index is -1.77. The smallest absolute Gasteiger partial charge is 0.306 e. The summed E-state index contributed by atoms with van der Waals surface area (Å²) in [6, 6.07) is 0. The summed E-state index contributed by atoms with van der Waals surface area (Å²) in [5.74, 6) is -1.07. The summed E-state index contributed by atoms with van der Waals surface area (Å²) in [5.41, 5.74) is 0. The highest BCUT2D eigenvalue weighted by atomic mass is 16.7. The molecule has 2 aliphatic heterocycles. The maximum atomic E-state index is 12.7. The minimum Gasteiger partial charge on any atom is -0.462 e. The molecule has 2 aliphatic rings. The van der Waals surface area contributed by atoms with Crippen LogP contribution in [0.15, 0.2) is 48.6 Å². The molecular formula is C36H58O15. The Morgan fingerprint density at radius 1 is 0.647 bits per heavy atom. The summed E-state index contributed by atoms with van der Waals surface area (Å²) >= 11 is 0. The molecular weight excluding hydrogens is 672 g/mol. The van der Waals surface area contributed by atoms with Crippen LogP contribution < -0.4 is 0 Å². The van der Waals surface area contributed by atoms with Gasteiger partial charge in [-0.3, -0.25) is 9.59 Å². The van der Waals surface area contributed by atoms with E-state index in [-0.39, 0.29) is 19.4 Å². The van der Waals surface area contributed by atoms with Gasteiger partial charge in [0.25, 0.3) is 0 Å². The van der Waals surface area contributed by atoms with E-state index in [0.29, 0.717) is 19.3 Å². The number of hydrogen-bond acceptors (Lipinski definition) is 15. The normalized spacial score (nSPS) is 30.8. The van der Waals surface area contributed by atoms with E-state index in [2.05, 4.69) is 37.3 Å². The fraction of sp³-hybridized carbons (Fsp3) is 0.722. The van der Waals surface area contributed by atoms with E-state index in [1.807, 2.05) is 25.2 Å². The zero-order chi connectivity index (χ0) is 37.6. The van der Waals surface area contributed by atoms with Gasteiger partial charge >= 0.3 is 11.9 Å². The molecule has 0 aromatic heterocycles. The standard InChI is InChI=1S/C36H58O15/c1-3-5-7-8-9-10-11-12-13-14-15-16-17-19-28(39)49-24(21-46-27(38)18-6-4-2)22-47-35-34(45)32(43)30(41)26(51-35)23-48-36-33(44)31(42)29(40)25(20-37)50-36/h5,7,9-10,12-13,15-16,24-26,29-37,40-45H,3-4,6,8,11,14,17-23H2,1-2H3/b7-5-,10-9-,13-12-,16-15-. The van der Waals surface area contributed by atoms with E-state index < -0.39 is 99.3 Å². The zero-order valence-corrected chi connectivity index (χ0v) is 29.6. The second-order valence-corrected chi connectivity index (χ2v) is 12.3. The van der Waals surface area contributed by atoms with Gasteiger partial charge in [0.05, 0.1) is 19.8 Å². The van der Waals surface area contributed by atoms with Crippen molar-refractivity contribution in [3.8, 4) is 0 Å². The molecule has 11 atom stereocenters. The van der Waals surface area contributed by atoms with Crippen LogP contribution >= 0.6 is 0 Å². The summed E-state index contributed by atoms with van der Waals surface area (Å²) in [5, 5.41) is 71.1. The van der Waals surface area contributed by atoms with Gasteiger partial charge in [-0.1, -0.05) is 68.9 Å². The molecule has 0 amide bonds. The van der Waals surface area contributed by atoms with Crippen LogP contribution in [0.3, 0.4) is 0 Å². The lowest BCUT2D eigenvalue weighted by Crippen LogP contribution is -2.61. The molecule has 11 unspecified atom stereocenters. The van der Waals surface area contributed by atoms with Gasteiger partial charge in [-0.15, -0.1) is 0 Å². The molecule has 51 heavy (non-hydrogen) atoms. The highest BCUT2D eigenvalue weighted by Gasteiger charge is 2.47. The molecule has 15 nitrogen and oxygen atoms in total. The maximum absolute atomic E-state index is 12.7. The van der Waals surface area contributed by atoms with Crippen molar-refractivity contribution in [2.45, 2.75) is 139 Å². The second-order valence-electron chi connectivity index (χ2n) is 12.3. The monoisotopic (exact) mass is 730 g/mol. The average molecular weight is 731 g/mol. The number of aliphatic hydroxyl groups excluding tert-OH is 7.